The van der Waals surface area contributed by atoms with E-state index in [0.29, 0.717) is 22.9 Å². The predicted molar refractivity (Wildman–Crippen MR) is 80.7 cm³/mol. The first-order valence-corrected chi connectivity index (χ1v) is 7.73. The van der Waals surface area contributed by atoms with E-state index in [2.05, 4.69) is 0 Å². The zero-order valence-electron chi connectivity index (χ0n) is 10.5. The van der Waals surface area contributed by atoms with E-state index in [4.69, 9.17) is 17.3 Å². The Kier molecular flexibility index (Phi) is 5.14. The van der Waals surface area contributed by atoms with Gasteiger partial charge in [0.1, 0.15) is 0 Å². The molecule has 0 aliphatic carbocycles. The van der Waals surface area contributed by atoms with Gasteiger partial charge in [-0.05, 0) is 30.7 Å². The molecular formula is C15H16ClNOS. The molecule has 0 fully saturated rings. The van der Waals surface area contributed by atoms with Crippen molar-refractivity contribution < 1.29 is 4.21 Å². The lowest BCUT2D eigenvalue weighted by Gasteiger charge is -2.17. The van der Waals surface area contributed by atoms with Crippen molar-refractivity contribution in [2.24, 2.45) is 5.73 Å². The third-order valence-electron chi connectivity index (χ3n) is 2.91. The Morgan fingerprint density at radius 1 is 1.05 bits per heavy atom. The summed E-state index contributed by atoms with van der Waals surface area (Å²) in [6, 6.07) is 17.1. The van der Waals surface area contributed by atoms with Gasteiger partial charge in [0.2, 0.25) is 0 Å². The van der Waals surface area contributed by atoms with Gasteiger partial charge in [-0.15, -0.1) is 0 Å². The van der Waals surface area contributed by atoms with Crippen LogP contribution in [0.25, 0.3) is 0 Å². The minimum atomic E-state index is -1.20. The highest BCUT2D eigenvalue weighted by atomic mass is 35.5. The summed E-state index contributed by atoms with van der Waals surface area (Å²) in [5.74, 6) is 0. The smallest absolute Gasteiger partial charge is 0.0656 e. The number of hydrogen-bond donors (Lipinski definition) is 1. The quantitative estimate of drug-likeness (QED) is 0.916. The second-order valence-corrected chi connectivity index (χ2v) is 6.22. The average Bonchev–Trinajstić information content (AvgIpc) is 2.45. The molecule has 0 saturated carbocycles. The molecule has 0 spiro atoms. The normalized spacial score (nSPS) is 14.0. The highest BCUT2D eigenvalue weighted by Gasteiger charge is 2.21. The van der Waals surface area contributed by atoms with Crippen molar-refractivity contribution in [3.8, 4) is 0 Å². The molecule has 0 amide bonds. The molecule has 0 saturated heterocycles. The van der Waals surface area contributed by atoms with Gasteiger partial charge in [-0.25, -0.2) is 0 Å². The molecule has 4 heteroatoms. The minimum Gasteiger partial charge on any atom is -0.330 e. The summed E-state index contributed by atoms with van der Waals surface area (Å²) in [5, 5.41) is 0.421. The summed E-state index contributed by atoms with van der Waals surface area (Å²) < 4.78 is 12.7. The summed E-state index contributed by atoms with van der Waals surface area (Å²) in [6.45, 7) is 0.496. The maximum atomic E-state index is 12.7. The van der Waals surface area contributed by atoms with Crippen LogP contribution in [0.3, 0.4) is 0 Å². The molecule has 19 heavy (non-hydrogen) atoms. The molecule has 2 aromatic rings. The van der Waals surface area contributed by atoms with Crippen LogP contribution in [-0.2, 0) is 10.8 Å². The number of rotatable bonds is 5. The van der Waals surface area contributed by atoms with E-state index in [1.807, 2.05) is 48.5 Å². The fraction of sp³-hybridized carbons (Fsp3) is 0.200. The monoisotopic (exact) mass is 293 g/mol. The van der Waals surface area contributed by atoms with Crippen molar-refractivity contribution in [2.45, 2.75) is 16.6 Å². The van der Waals surface area contributed by atoms with Crippen LogP contribution < -0.4 is 5.73 Å². The Balaban J connectivity index is 2.35. The number of hydrogen-bond acceptors (Lipinski definition) is 2. The van der Waals surface area contributed by atoms with Crippen molar-refractivity contribution >= 4 is 22.4 Å². The largest absolute Gasteiger partial charge is 0.330 e. The van der Waals surface area contributed by atoms with Crippen LogP contribution in [0.15, 0.2) is 59.5 Å². The van der Waals surface area contributed by atoms with Crippen LogP contribution in [0, 0.1) is 0 Å². The van der Waals surface area contributed by atoms with Crippen molar-refractivity contribution in [2.75, 3.05) is 6.54 Å². The topological polar surface area (TPSA) is 43.1 Å². The van der Waals surface area contributed by atoms with Crippen LogP contribution in [0.4, 0.5) is 0 Å². The van der Waals surface area contributed by atoms with Crippen molar-refractivity contribution in [3.05, 3.63) is 65.2 Å². The molecule has 2 N–H and O–H groups in total. The Bertz CT molecular complexity index is 559. The molecule has 2 rings (SSSR count). The van der Waals surface area contributed by atoms with Crippen LogP contribution >= 0.6 is 11.6 Å². The van der Waals surface area contributed by atoms with Gasteiger partial charge in [0.05, 0.1) is 26.0 Å². The van der Waals surface area contributed by atoms with Gasteiger partial charge in [0.15, 0.2) is 0 Å². The highest BCUT2D eigenvalue weighted by Crippen LogP contribution is 2.31. The molecule has 2 unspecified atom stereocenters. The Hall–Kier alpha value is -1.16. The SMILES string of the molecule is NCCC(c1ccccc1)S(=O)c1ccccc1Cl. The lowest BCUT2D eigenvalue weighted by molar-refractivity contribution is 0.664. The molecular weight excluding hydrogens is 278 g/mol. The molecule has 0 radical (unpaired) electrons. The summed E-state index contributed by atoms with van der Waals surface area (Å²) in [7, 11) is -1.20. The first-order chi connectivity index (χ1) is 9.24. The third kappa shape index (κ3) is 3.44. The summed E-state index contributed by atoms with van der Waals surface area (Å²) in [4.78, 5) is 0.673. The molecule has 0 heterocycles. The van der Waals surface area contributed by atoms with Gasteiger partial charge >= 0.3 is 0 Å². The zero-order chi connectivity index (χ0) is 13.7. The van der Waals surface area contributed by atoms with Gasteiger partial charge in [-0.2, -0.15) is 0 Å². The van der Waals surface area contributed by atoms with Gasteiger partial charge in [-0.1, -0.05) is 54.1 Å². The van der Waals surface area contributed by atoms with Crippen LogP contribution in [0.5, 0.6) is 0 Å². The molecule has 0 bridgehead atoms. The molecule has 2 aromatic carbocycles. The highest BCUT2D eigenvalue weighted by molar-refractivity contribution is 7.85. The molecule has 0 aliphatic heterocycles. The molecule has 2 atom stereocenters. The fourth-order valence-electron chi connectivity index (χ4n) is 1.98. The van der Waals surface area contributed by atoms with Crippen molar-refractivity contribution in [1.82, 2.24) is 0 Å². The van der Waals surface area contributed by atoms with E-state index in [1.165, 1.54) is 0 Å². The fourth-order valence-corrected chi connectivity index (χ4v) is 3.88. The Labute approximate surface area is 121 Å². The van der Waals surface area contributed by atoms with Gasteiger partial charge in [0, 0.05) is 0 Å². The van der Waals surface area contributed by atoms with Gasteiger partial charge in [0.25, 0.3) is 0 Å². The molecule has 0 aromatic heterocycles. The van der Waals surface area contributed by atoms with Crippen LogP contribution in [-0.4, -0.2) is 10.8 Å². The standard InChI is InChI=1S/C15H16ClNOS/c16-13-8-4-5-9-15(13)19(18)14(10-11-17)12-6-2-1-3-7-12/h1-9,14H,10-11,17H2. The van der Waals surface area contributed by atoms with Gasteiger partial charge in [-0.3, -0.25) is 4.21 Å². The predicted octanol–water partition coefficient (Wildman–Crippen LogP) is 3.54. The van der Waals surface area contributed by atoms with Crippen LogP contribution in [0.2, 0.25) is 5.02 Å². The van der Waals surface area contributed by atoms with Gasteiger partial charge < -0.3 is 5.73 Å². The van der Waals surface area contributed by atoms with Crippen molar-refractivity contribution in [1.29, 1.82) is 0 Å². The second kappa shape index (κ2) is 6.85. The third-order valence-corrected chi connectivity index (χ3v) is 5.17. The van der Waals surface area contributed by atoms with E-state index in [9.17, 15) is 4.21 Å². The molecule has 100 valence electrons. The lowest BCUT2D eigenvalue weighted by Crippen LogP contribution is -2.13. The number of benzene rings is 2. The molecule has 0 aliphatic rings. The first-order valence-electron chi connectivity index (χ1n) is 6.14. The van der Waals surface area contributed by atoms with E-state index in [1.54, 1.807) is 6.07 Å². The van der Waals surface area contributed by atoms with Crippen LogP contribution in [0.1, 0.15) is 17.2 Å². The van der Waals surface area contributed by atoms with E-state index in [0.717, 1.165) is 5.56 Å². The summed E-state index contributed by atoms with van der Waals surface area (Å²) in [5.41, 5.74) is 6.69. The molecule has 2 nitrogen and oxygen atoms in total. The maximum Gasteiger partial charge on any atom is 0.0656 e. The number of halogens is 1. The Morgan fingerprint density at radius 2 is 1.68 bits per heavy atom. The minimum absolute atomic E-state index is 0.119. The Morgan fingerprint density at radius 3 is 2.32 bits per heavy atom. The summed E-state index contributed by atoms with van der Waals surface area (Å²) >= 11 is 6.13. The maximum absolute atomic E-state index is 12.7. The van der Waals surface area contributed by atoms with E-state index >= 15 is 0 Å². The van der Waals surface area contributed by atoms with E-state index < -0.39 is 10.8 Å². The average molecular weight is 294 g/mol. The second-order valence-electron chi connectivity index (χ2n) is 4.20. The van der Waals surface area contributed by atoms with Crippen molar-refractivity contribution in [3.63, 3.8) is 0 Å². The van der Waals surface area contributed by atoms with E-state index in [-0.39, 0.29) is 5.25 Å². The summed E-state index contributed by atoms with van der Waals surface area (Å²) in [6.07, 6.45) is 0.668. The number of nitrogens with two attached hydrogens (primary N) is 1. The lowest BCUT2D eigenvalue weighted by atomic mass is 10.1. The first kappa shape index (κ1) is 14.3. The zero-order valence-corrected chi connectivity index (χ0v) is 12.0.